The van der Waals surface area contributed by atoms with Gasteiger partial charge in [-0.25, -0.2) is 9.78 Å². The number of anilines is 2. The fraction of sp³-hybridized carbons (Fsp3) is 0.0714. The minimum atomic E-state index is -0.982. The van der Waals surface area contributed by atoms with Crippen molar-refractivity contribution < 1.29 is 9.90 Å². The van der Waals surface area contributed by atoms with Crippen molar-refractivity contribution in [2.45, 2.75) is 6.54 Å². The predicted octanol–water partition coefficient (Wildman–Crippen LogP) is 1.40. The summed E-state index contributed by atoms with van der Waals surface area (Å²) in [5, 5.41) is 11.9. The first-order valence-corrected chi connectivity index (χ1v) is 6.62. The second kappa shape index (κ2) is 8.27. The van der Waals surface area contributed by atoms with Gasteiger partial charge < -0.3 is 21.1 Å². The van der Waals surface area contributed by atoms with Gasteiger partial charge in [-0.15, -0.1) is 24.8 Å². The third-order valence-corrected chi connectivity index (χ3v) is 3.11. The Labute approximate surface area is 153 Å². The van der Waals surface area contributed by atoms with E-state index in [0.717, 1.165) is 5.69 Å². The molecular weight excluding hydrogens is 371 g/mol. The Hall–Kier alpha value is -2.91. The van der Waals surface area contributed by atoms with Gasteiger partial charge in [0.2, 0.25) is 5.95 Å². The number of hydrogen-bond donors (Lipinski definition) is 4. The van der Waals surface area contributed by atoms with Crippen LogP contribution in [0.5, 0.6) is 0 Å². The van der Waals surface area contributed by atoms with Crippen LogP contribution < -0.4 is 16.6 Å². The maximum atomic E-state index is 11.7. The van der Waals surface area contributed by atoms with Crippen LogP contribution in [0.15, 0.2) is 35.3 Å². The highest BCUT2D eigenvalue weighted by molar-refractivity contribution is 5.88. The largest absolute Gasteiger partial charge is 0.478 e. The molecule has 0 unspecified atom stereocenters. The minimum absolute atomic E-state index is 0. The molecule has 11 heteroatoms. The van der Waals surface area contributed by atoms with Crippen molar-refractivity contribution in [2.75, 3.05) is 11.1 Å². The molecule has 0 amide bonds. The Bertz CT molecular complexity index is 900. The van der Waals surface area contributed by atoms with E-state index in [2.05, 4.69) is 25.3 Å². The fourth-order valence-electron chi connectivity index (χ4n) is 1.99. The van der Waals surface area contributed by atoms with Crippen molar-refractivity contribution >= 4 is 42.4 Å². The number of aromatic amines is 1. The molecule has 0 saturated heterocycles. The highest BCUT2D eigenvalue weighted by Crippen LogP contribution is 2.13. The summed E-state index contributed by atoms with van der Waals surface area (Å²) in [6.07, 6.45) is 1.60. The van der Waals surface area contributed by atoms with Gasteiger partial charge in [0.25, 0.3) is 0 Å². The van der Waals surface area contributed by atoms with Crippen LogP contribution in [-0.4, -0.2) is 31.0 Å². The van der Waals surface area contributed by atoms with Crippen molar-refractivity contribution in [2.24, 2.45) is 0 Å². The molecule has 0 fully saturated rings. The van der Waals surface area contributed by atoms with Gasteiger partial charge in [0, 0.05) is 11.9 Å². The van der Waals surface area contributed by atoms with Gasteiger partial charge in [0.15, 0.2) is 11.5 Å². The Morgan fingerprint density at radius 1 is 1.16 bits per heavy atom. The summed E-state index contributed by atoms with van der Waals surface area (Å²) < 4.78 is 0. The molecule has 2 aliphatic heterocycles. The van der Waals surface area contributed by atoms with Crippen molar-refractivity contribution in [3.63, 3.8) is 0 Å². The lowest BCUT2D eigenvalue weighted by Gasteiger charge is -2.09. The lowest BCUT2D eigenvalue weighted by Crippen LogP contribution is -2.18. The molecule has 0 saturated carbocycles. The second-order valence-electron chi connectivity index (χ2n) is 4.71. The quantitative estimate of drug-likeness (QED) is 0.527. The van der Waals surface area contributed by atoms with Crippen molar-refractivity contribution in [3.05, 3.63) is 52.1 Å². The average molecular weight is 385 g/mol. The number of halogens is 2. The molecular formula is C14H14Cl2N6O3. The van der Waals surface area contributed by atoms with E-state index in [1.165, 1.54) is 12.1 Å². The van der Waals surface area contributed by atoms with Crippen molar-refractivity contribution in [1.82, 2.24) is 19.9 Å². The number of nitrogens with one attached hydrogen (secondary N) is 2. The number of H-pyrrole nitrogens is 1. The van der Waals surface area contributed by atoms with Crippen LogP contribution in [0, 0.1) is 0 Å². The van der Waals surface area contributed by atoms with Gasteiger partial charge in [-0.1, -0.05) is 0 Å². The predicted molar refractivity (Wildman–Crippen MR) is 96.7 cm³/mol. The number of hydrogen-bond acceptors (Lipinski definition) is 7. The van der Waals surface area contributed by atoms with Crippen LogP contribution >= 0.6 is 24.8 Å². The number of nitrogens with zero attached hydrogens (tertiary/aromatic N) is 3. The summed E-state index contributed by atoms with van der Waals surface area (Å²) in [4.78, 5) is 37.0. The van der Waals surface area contributed by atoms with E-state index in [9.17, 15) is 9.59 Å². The first kappa shape index (κ1) is 20.1. The number of carbonyl (C=O) groups is 1. The van der Waals surface area contributed by atoms with E-state index in [4.69, 9.17) is 10.8 Å². The molecule has 1 aromatic rings. The van der Waals surface area contributed by atoms with Gasteiger partial charge in [-0.3, -0.25) is 4.79 Å². The maximum absolute atomic E-state index is 11.7. The number of rotatable bonds is 4. The number of nitrogens with two attached hydrogens (primary N) is 1. The number of aromatic carboxylic acids is 1. The molecule has 0 aliphatic carbocycles. The van der Waals surface area contributed by atoms with Gasteiger partial charge in [-0.2, -0.15) is 9.97 Å². The number of benzene rings is 1. The molecule has 0 bridgehead atoms. The van der Waals surface area contributed by atoms with E-state index in [0.29, 0.717) is 12.2 Å². The molecule has 2 heterocycles. The zero-order valence-electron chi connectivity index (χ0n) is 12.6. The van der Waals surface area contributed by atoms with Gasteiger partial charge in [0.05, 0.1) is 17.8 Å². The summed E-state index contributed by atoms with van der Waals surface area (Å²) in [7, 11) is 0. The van der Waals surface area contributed by atoms with Crippen molar-refractivity contribution in [1.29, 1.82) is 0 Å². The van der Waals surface area contributed by atoms with E-state index in [1.807, 2.05) is 0 Å². The second-order valence-corrected chi connectivity index (χ2v) is 4.71. The highest BCUT2D eigenvalue weighted by atomic mass is 35.5. The molecule has 2 aliphatic rings. The summed E-state index contributed by atoms with van der Waals surface area (Å²) in [6, 6.07) is 6.29. The first-order chi connectivity index (χ1) is 11.0. The van der Waals surface area contributed by atoms with Crippen LogP contribution in [0.4, 0.5) is 11.6 Å². The number of aromatic nitrogens is 4. The summed E-state index contributed by atoms with van der Waals surface area (Å²) in [6.45, 7) is 0.336. The molecule has 0 radical (unpaired) electrons. The van der Waals surface area contributed by atoms with Gasteiger partial charge in [0.1, 0.15) is 0 Å². The maximum Gasteiger partial charge on any atom is 0.335 e. The Morgan fingerprint density at radius 3 is 2.48 bits per heavy atom. The van der Waals surface area contributed by atoms with E-state index < -0.39 is 11.5 Å². The summed E-state index contributed by atoms with van der Waals surface area (Å²) >= 11 is 0. The minimum Gasteiger partial charge on any atom is -0.478 e. The lowest BCUT2D eigenvalue weighted by atomic mass is 10.2. The van der Waals surface area contributed by atoms with E-state index >= 15 is 0 Å². The zero-order valence-corrected chi connectivity index (χ0v) is 14.2. The van der Waals surface area contributed by atoms with Crippen LogP contribution in [0.2, 0.25) is 0 Å². The molecule has 25 heavy (non-hydrogen) atoms. The van der Waals surface area contributed by atoms with Crippen LogP contribution in [0.1, 0.15) is 16.1 Å². The third kappa shape index (κ3) is 4.55. The first-order valence-electron chi connectivity index (χ1n) is 6.62. The van der Waals surface area contributed by atoms with Crippen molar-refractivity contribution in [3.8, 4) is 11.5 Å². The molecule has 132 valence electrons. The normalized spacial score (nSPS) is 9.76. The van der Waals surface area contributed by atoms with Gasteiger partial charge >= 0.3 is 11.5 Å². The third-order valence-electron chi connectivity index (χ3n) is 3.11. The van der Waals surface area contributed by atoms with Crippen LogP contribution in [-0.2, 0) is 6.54 Å². The standard InChI is InChI=1S/C14H12N6O3.2ClH/c15-14-19-11-10(12(21)20-14)18-9(6-17-11)5-16-8-3-1-7(2-4-8)13(22)23;;/h1-4,6,16H,5H2,(H,22,23)(H3,15,17,19,20,21);2*1H. The topological polar surface area (TPSA) is 147 Å². The molecule has 1 aromatic carbocycles. The lowest BCUT2D eigenvalue weighted by molar-refractivity contribution is 0.0697. The average Bonchev–Trinajstić information content (AvgIpc) is 2.53. The highest BCUT2D eigenvalue weighted by Gasteiger charge is 2.13. The smallest absolute Gasteiger partial charge is 0.335 e. The Kier molecular flexibility index (Phi) is 6.66. The van der Waals surface area contributed by atoms with Crippen LogP contribution in [0.3, 0.4) is 0 Å². The fourth-order valence-corrected chi connectivity index (χ4v) is 1.99. The van der Waals surface area contributed by atoms with Gasteiger partial charge in [-0.05, 0) is 24.3 Å². The van der Waals surface area contributed by atoms with E-state index in [-0.39, 0.29) is 47.8 Å². The van der Waals surface area contributed by atoms with Crippen LogP contribution in [0.25, 0.3) is 11.5 Å². The zero-order chi connectivity index (χ0) is 16.4. The number of nitrogen functional groups attached to an aromatic ring is 1. The molecule has 0 aromatic heterocycles. The summed E-state index contributed by atoms with van der Waals surface area (Å²) in [5.41, 5.74) is 6.48. The SMILES string of the molecule is Cl.Cl.Nc1nc2[nH]cc(CNc3ccc(C(=O)O)cc3)nc-2c(=O)n1. The molecule has 0 atom stereocenters. The number of carboxylic acid groups (broad SMARTS) is 1. The molecule has 0 spiro atoms. The Balaban J connectivity index is 0.00000156. The number of fused-ring (bicyclic) bond motifs is 1. The number of carboxylic acids is 1. The monoisotopic (exact) mass is 384 g/mol. The molecule has 3 rings (SSSR count). The summed E-state index contributed by atoms with van der Waals surface area (Å²) in [5.74, 6) is -0.813. The molecule has 9 nitrogen and oxygen atoms in total. The van der Waals surface area contributed by atoms with E-state index in [1.54, 1.807) is 18.3 Å². The molecule has 5 N–H and O–H groups in total. The Morgan fingerprint density at radius 2 is 1.84 bits per heavy atom.